The topological polar surface area (TPSA) is 35.5 Å². The zero-order valence-electron chi connectivity index (χ0n) is 19.1. The van der Waals surface area contributed by atoms with Crippen LogP contribution in [0.15, 0.2) is 54.6 Å². The van der Waals surface area contributed by atoms with Crippen molar-refractivity contribution < 1.29 is 14.3 Å². The summed E-state index contributed by atoms with van der Waals surface area (Å²) in [7, 11) is 0. The van der Waals surface area contributed by atoms with Crippen LogP contribution in [0.2, 0.25) is 0 Å². The van der Waals surface area contributed by atoms with E-state index in [9.17, 15) is 4.79 Å². The summed E-state index contributed by atoms with van der Waals surface area (Å²) in [5.41, 5.74) is 2.28. The number of rotatable bonds is 15. The van der Waals surface area contributed by atoms with Gasteiger partial charge in [0.25, 0.3) is 5.79 Å². The Hall–Kier alpha value is -2.13. The summed E-state index contributed by atoms with van der Waals surface area (Å²) in [6.45, 7) is 2.85. The molecule has 1 unspecified atom stereocenters. The smallest absolute Gasteiger partial charge is 0.341 e. The number of esters is 1. The molecule has 1 atom stereocenters. The Morgan fingerprint density at radius 2 is 1.26 bits per heavy atom. The number of carbonyl (C=O) groups excluding carboxylic acids is 1. The second kappa shape index (κ2) is 12.7. The molecule has 0 saturated carbocycles. The standard InChI is InChI=1S/C28H38O3/c1-2-3-4-5-6-7-8-9-10-11-12-18-23-30-28(24-19-14-13-15-20-24)26-22-17-16-21-25(26)27(29)31-28/h13-17,19-22H,2-12,18,23H2,1H3. The first kappa shape index (κ1) is 23.5. The molecule has 2 aromatic rings. The predicted molar refractivity (Wildman–Crippen MR) is 126 cm³/mol. The Balaban J connectivity index is 1.41. The molecule has 3 nitrogen and oxygen atoms in total. The van der Waals surface area contributed by atoms with E-state index in [1.54, 1.807) is 0 Å². The number of hydrogen-bond acceptors (Lipinski definition) is 3. The van der Waals surface area contributed by atoms with Gasteiger partial charge in [0.15, 0.2) is 0 Å². The van der Waals surface area contributed by atoms with Gasteiger partial charge in [-0.15, -0.1) is 0 Å². The van der Waals surface area contributed by atoms with E-state index in [0.717, 1.165) is 24.0 Å². The van der Waals surface area contributed by atoms with Crippen molar-refractivity contribution in [2.24, 2.45) is 0 Å². The third-order valence-electron chi connectivity index (χ3n) is 6.20. The highest BCUT2D eigenvalue weighted by atomic mass is 16.7. The van der Waals surface area contributed by atoms with Crippen molar-refractivity contribution in [3.8, 4) is 0 Å². The molecule has 0 aliphatic carbocycles. The molecule has 1 aliphatic rings. The Labute approximate surface area is 188 Å². The van der Waals surface area contributed by atoms with Gasteiger partial charge in [-0.25, -0.2) is 4.79 Å². The van der Waals surface area contributed by atoms with Crippen LogP contribution in [0.4, 0.5) is 0 Å². The fourth-order valence-electron chi connectivity index (χ4n) is 4.41. The summed E-state index contributed by atoms with van der Waals surface area (Å²) in [4.78, 5) is 12.5. The van der Waals surface area contributed by atoms with Gasteiger partial charge in [0, 0.05) is 11.1 Å². The quantitative estimate of drug-likeness (QED) is 0.217. The van der Waals surface area contributed by atoms with E-state index >= 15 is 0 Å². The minimum Gasteiger partial charge on any atom is -0.420 e. The molecule has 31 heavy (non-hydrogen) atoms. The van der Waals surface area contributed by atoms with Crippen molar-refractivity contribution in [1.82, 2.24) is 0 Å². The molecule has 0 spiro atoms. The van der Waals surface area contributed by atoms with Gasteiger partial charge in [-0.2, -0.15) is 0 Å². The molecule has 168 valence electrons. The van der Waals surface area contributed by atoms with E-state index in [-0.39, 0.29) is 5.97 Å². The second-order valence-electron chi connectivity index (χ2n) is 8.66. The fourth-order valence-corrected chi connectivity index (χ4v) is 4.41. The van der Waals surface area contributed by atoms with E-state index in [1.807, 2.05) is 54.6 Å². The first-order valence-electron chi connectivity index (χ1n) is 12.3. The first-order valence-corrected chi connectivity index (χ1v) is 12.3. The number of ether oxygens (including phenoxy) is 2. The molecule has 3 heteroatoms. The molecule has 0 saturated heterocycles. The van der Waals surface area contributed by atoms with E-state index in [0.29, 0.717) is 12.2 Å². The van der Waals surface area contributed by atoms with Gasteiger partial charge in [-0.05, 0) is 12.5 Å². The average Bonchev–Trinajstić information content (AvgIpc) is 3.10. The number of carbonyl (C=O) groups is 1. The number of fused-ring (bicyclic) bond motifs is 1. The molecule has 0 N–H and O–H groups in total. The number of unbranched alkanes of at least 4 members (excludes halogenated alkanes) is 11. The molecule has 1 aliphatic heterocycles. The molecule has 3 rings (SSSR count). The lowest BCUT2D eigenvalue weighted by atomic mass is 9.95. The SMILES string of the molecule is CCCCCCCCCCCCCCOC1(c2ccccc2)OC(=O)c2ccccc21. The molecule has 1 heterocycles. The molecular weight excluding hydrogens is 384 g/mol. The highest BCUT2D eigenvalue weighted by Crippen LogP contribution is 2.42. The van der Waals surface area contributed by atoms with Gasteiger partial charge in [0.2, 0.25) is 0 Å². The summed E-state index contributed by atoms with van der Waals surface area (Å²) >= 11 is 0. The Morgan fingerprint density at radius 3 is 1.90 bits per heavy atom. The zero-order valence-corrected chi connectivity index (χ0v) is 19.1. The second-order valence-corrected chi connectivity index (χ2v) is 8.66. The van der Waals surface area contributed by atoms with Crippen molar-refractivity contribution in [2.75, 3.05) is 6.61 Å². The predicted octanol–water partition coefficient (Wildman–Crippen LogP) is 7.78. The van der Waals surface area contributed by atoms with E-state index in [2.05, 4.69) is 6.92 Å². The zero-order chi connectivity index (χ0) is 21.8. The Bertz CT molecular complexity index is 786. The van der Waals surface area contributed by atoms with Crippen LogP contribution in [0, 0.1) is 0 Å². The third-order valence-corrected chi connectivity index (χ3v) is 6.20. The van der Waals surface area contributed by atoms with Gasteiger partial charge in [-0.1, -0.05) is 126 Å². The van der Waals surface area contributed by atoms with Gasteiger partial charge in [0.05, 0.1) is 12.2 Å². The highest BCUT2D eigenvalue weighted by molar-refractivity contribution is 5.95. The molecule has 0 amide bonds. The van der Waals surface area contributed by atoms with Crippen LogP contribution in [0.25, 0.3) is 0 Å². The lowest BCUT2D eigenvalue weighted by Gasteiger charge is -2.29. The van der Waals surface area contributed by atoms with E-state index in [1.165, 1.54) is 64.2 Å². The minimum absolute atomic E-state index is 0.311. The van der Waals surface area contributed by atoms with Crippen LogP contribution in [0.1, 0.15) is 105 Å². The number of benzene rings is 2. The van der Waals surface area contributed by atoms with E-state index < -0.39 is 5.79 Å². The van der Waals surface area contributed by atoms with Crippen molar-refractivity contribution in [3.63, 3.8) is 0 Å². The van der Waals surface area contributed by atoms with Crippen molar-refractivity contribution in [2.45, 2.75) is 89.8 Å². The normalized spacial score (nSPS) is 17.5. The number of hydrogen-bond donors (Lipinski definition) is 0. The summed E-state index contributed by atoms with van der Waals surface area (Å²) in [6.07, 6.45) is 15.7. The van der Waals surface area contributed by atoms with Crippen LogP contribution in [-0.4, -0.2) is 12.6 Å². The molecule has 0 radical (unpaired) electrons. The molecule has 2 aromatic carbocycles. The summed E-state index contributed by atoms with van der Waals surface area (Å²) in [5.74, 6) is -1.43. The van der Waals surface area contributed by atoms with Crippen LogP contribution < -0.4 is 0 Å². The first-order chi connectivity index (χ1) is 15.3. The highest BCUT2D eigenvalue weighted by Gasteiger charge is 2.48. The largest absolute Gasteiger partial charge is 0.420 e. The van der Waals surface area contributed by atoms with Gasteiger partial charge < -0.3 is 9.47 Å². The maximum Gasteiger partial charge on any atom is 0.341 e. The van der Waals surface area contributed by atoms with Crippen LogP contribution >= 0.6 is 0 Å². The fraction of sp³-hybridized carbons (Fsp3) is 0.536. The van der Waals surface area contributed by atoms with Crippen molar-refractivity contribution >= 4 is 5.97 Å². The van der Waals surface area contributed by atoms with E-state index in [4.69, 9.17) is 9.47 Å². The maximum atomic E-state index is 12.5. The van der Waals surface area contributed by atoms with Gasteiger partial charge in [0.1, 0.15) is 0 Å². The van der Waals surface area contributed by atoms with Gasteiger partial charge >= 0.3 is 5.97 Å². The van der Waals surface area contributed by atoms with Crippen molar-refractivity contribution in [1.29, 1.82) is 0 Å². The lowest BCUT2D eigenvalue weighted by molar-refractivity contribution is -0.174. The monoisotopic (exact) mass is 422 g/mol. The number of cyclic esters (lactones) is 1. The van der Waals surface area contributed by atoms with Gasteiger partial charge in [-0.3, -0.25) is 0 Å². The molecule has 0 bridgehead atoms. The van der Waals surface area contributed by atoms with Crippen LogP contribution in [0.5, 0.6) is 0 Å². The molecular formula is C28H38O3. The maximum absolute atomic E-state index is 12.5. The Kier molecular flexibility index (Phi) is 9.61. The minimum atomic E-state index is -1.12. The molecule has 0 fully saturated rings. The summed E-state index contributed by atoms with van der Waals surface area (Å²) in [6, 6.07) is 17.4. The van der Waals surface area contributed by atoms with Crippen LogP contribution in [0.3, 0.4) is 0 Å². The summed E-state index contributed by atoms with van der Waals surface area (Å²) < 4.78 is 12.2. The summed E-state index contributed by atoms with van der Waals surface area (Å²) in [5, 5.41) is 0. The molecule has 0 aromatic heterocycles. The van der Waals surface area contributed by atoms with Crippen molar-refractivity contribution in [3.05, 3.63) is 71.3 Å². The third kappa shape index (κ3) is 6.43. The lowest BCUT2D eigenvalue weighted by Crippen LogP contribution is -2.32. The Morgan fingerprint density at radius 1 is 0.710 bits per heavy atom. The average molecular weight is 423 g/mol. The van der Waals surface area contributed by atoms with Crippen LogP contribution in [-0.2, 0) is 15.3 Å².